The Morgan fingerprint density at radius 2 is 2.14 bits per heavy atom. The Kier molecular flexibility index (Phi) is 5.12. The van der Waals surface area contributed by atoms with E-state index >= 15 is 0 Å². The van der Waals surface area contributed by atoms with Gasteiger partial charge in [-0.15, -0.1) is 0 Å². The summed E-state index contributed by atoms with van der Waals surface area (Å²) < 4.78 is 5.51. The van der Waals surface area contributed by atoms with Crippen molar-refractivity contribution in [2.45, 2.75) is 18.3 Å². The fourth-order valence-electron chi connectivity index (χ4n) is 4.78. The largest absolute Gasteiger partial charge is 0.398 e. The van der Waals surface area contributed by atoms with Crippen LogP contribution in [0.5, 0.6) is 0 Å². The van der Waals surface area contributed by atoms with Crippen molar-refractivity contribution < 1.29 is 14.7 Å². The van der Waals surface area contributed by atoms with Gasteiger partial charge in [-0.3, -0.25) is 15.0 Å². The van der Waals surface area contributed by atoms with Gasteiger partial charge in [0.05, 0.1) is 23.5 Å². The zero-order chi connectivity index (χ0) is 20.5. The lowest BCUT2D eigenvalue weighted by Gasteiger charge is -2.31. The first kappa shape index (κ1) is 19.6. The third kappa shape index (κ3) is 3.31. The van der Waals surface area contributed by atoms with Gasteiger partial charge >= 0.3 is 0 Å². The number of carbonyl (C=O) groups excluding carboxylic acids is 1. The average Bonchev–Trinajstić information content (AvgIpc) is 3.43. The quantitative estimate of drug-likeness (QED) is 0.260. The molecule has 2 aliphatic rings. The second-order valence-corrected chi connectivity index (χ2v) is 7.95. The molecule has 0 spiro atoms. The molecule has 152 valence electrons. The summed E-state index contributed by atoms with van der Waals surface area (Å²) in [5.41, 5.74) is 11.3. The Balaban J connectivity index is 1.53. The molecule has 1 saturated heterocycles. The third-order valence-corrected chi connectivity index (χ3v) is 6.40. The number of nitrogens with zero attached hydrogens (tertiary/aromatic N) is 1. The minimum atomic E-state index is -0.646. The van der Waals surface area contributed by atoms with Crippen LogP contribution < -0.4 is 16.5 Å². The fourth-order valence-corrected chi connectivity index (χ4v) is 4.78. The van der Waals surface area contributed by atoms with E-state index < -0.39 is 5.91 Å². The number of hydrogen-bond donors (Lipinski definition) is 4. The number of hydrogen-bond acceptors (Lipinski definition) is 6. The zero-order valence-corrected chi connectivity index (χ0v) is 16.4. The van der Waals surface area contributed by atoms with E-state index in [1.807, 2.05) is 12.1 Å². The summed E-state index contributed by atoms with van der Waals surface area (Å²) >= 11 is 0. The highest BCUT2D eigenvalue weighted by Gasteiger charge is 2.68. The van der Waals surface area contributed by atoms with Crippen molar-refractivity contribution >= 4 is 23.5 Å². The Morgan fingerprint density at radius 1 is 1.34 bits per heavy atom. The van der Waals surface area contributed by atoms with Crippen LogP contribution in [0, 0.1) is 5.41 Å². The number of methoxy groups -OCH3 is 1. The molecule has 7 heteroatoms. The van der Waals surface area contributed by atoms with Gasteiger partial charge in [-0.05, 0) is 43.1 Å². The minimum Gasteiger partial charge on any atom is -0.398 e. The van der Waals surface area contributed by atoms with E-state index in [1.54, 1.807) is 37.0 Å². The molecule has 2 aromatic rings. The first-order valence-electron chi connectivity index (χ1n) is 9.72. The molecule has 2 atom stereocenters. The number of amides is 1. The second-order valence-electron chi connectivity index (χ2n) is 7.95. The van der Waals surface area contributed by atoms with E-state index in [9.17, 15) is 4.79 Å². The average molecular weight is 394 g/mol. The van der Waals surface area contributed by atoms with Crippen molar-refractivity contribution in [2.75, 3.05) is 32.5 Å². The van der Waals surface area contributed by atoms with E-state index in [0.717, 1.165) is 38.2 Å². The summed E-state index contributed by atoms with van der Waals surface area (Å²) in [5, 5.41) is 12.3. The number of carbonyl (C=O) groups is 1. The summed E-state index contributed by atoms with van der Waals surface area (Å²) in [7, 11) is 1.77. The van der Waals surface area contributed by atoms with Gasteiger partial charge in [0.2, 0.25) is 0 Å². The molecule has 1 aliphatic heterocycles. The maximum atomic E-state index is 11.7. The number of nitrogens with one attached hydrogen (secondary N) is 2. The molecule has 4 rings (SSSR count). The van der Waals surface area contributed by atoms with Gasteiger partial charge in [0.1, 0.15) is 0 Å². The van der Waals surface area contributed by atoms with Gasteiger partial charge < -0.3 is 15.8 Å². The smallest absolute Gasteiger partial charge is 0.276 e. The highest BCUT2D eigenvalue weighted by molar-refractivity contribution is 6.03. The Morgan fingerprint density at radius 3 is 2.86 bits per heavy atom. The molecule has 7 nitrogen and oxygen atoms in total. The summed E-state index contributed by atoms with van der Waals surface area (Å²) in [6, 6.07) is 13.4. The lowest BCUT2D eigenvalue weighted by molar-refractivity contribution is 0.0707. The number of benzene rings is 2. The molecule has 5 N–H and O–H groups in total. The lowest BCUT2D eigenvalue weighted by atomic mass is 9.81. The van der Waals surface area contributed by atoms with Gasteiger partial charge in [-0.25, -0.2) is 5.48 Å². The van der Waals surface area contributed by atoms with Crippen LogP contribution in [0.2, 0.25) is 0 Å². The van der Waals surface area contributed by atoms with Crippen LogP contribution in [0.15, 0.2) is 47.5 Å². The van der Waals surface area contributed by atoms with E-state index in [-0.39, 0.29) is 22.1 Å². The van der Waals surface area contributed by atoms with Crippen molar-refractivity contribution in [1.82, 2.24) is 10.8 Å². The molecular weight excluding hydrogens is 368 g/mol. The topological polar surface area (TPSA) is 109 Å². The summed E-state index contributed by atoms with van der Waals surface area (Å²) in [6.45, 7) is 2.80. The number of rotatable bonds is 6. The van der Waals surface area contributed by atoms with E-state index in [2.05, 4.69) is 22.4 Å². The number of hydroxylamine groups is 1. The van der Waals surface area contributed by atoms with Crippen LogP contribution in [0.1, 0.15) is 34.3 Å². The molecule has 1 heterocycles. The molecule has 1 aliphatic carbocycles. The van der Waals surface area contributed by atoms with Gasteiger partial charge in [-0.1, -0.05) is 24.3 Å². The number of para-hydroxylation sites is 1. The van der Waals surface area contributed by atoms with E-state index in [1.165, 1.54) is 5.56 Å². The van der Waals surface area contributed by atoms with Gasteiger partial charge in [-0.2, -0.15) is 0 Å². The van der Waals surface area contributed by atoms with Crippen molar-refractivity contribution in [3.63, 3.8) is 0 Å². The molecule has 1 amide bonds. The van der Waals surface area contributed by atoms with Crippen molar-refractivity contribution in [1.29, 1.82) is 0 Å². The number of fused-ring (bicyclic) bond motifs is 1. The highest BCUT2D eigenvalue weighted by Crippen LogP contribution is 2.67. The molecule has 0 bridgehead atoms. The van der Waals surface area contributed by atoms with Crippen LogP contribution >= 0.6 is 0 Å². The number of ether oxygens (including phenoxy) is 1. The first-order valence-corrected chi connectivity index (χ1v) is 9.72. The van der Waals surface area contributed by atoms with Crippen molar-refractivity contribution in [3.05, 3.63) is 59.2 Å². The van der Waals surface area contributed by atoms with Crippen LogP contribution in [0.3, 0.4) is 0 Å². The molecule has 2 fully saturated rings. The van der Waals surface area contributed by atoms with Crippen LogP contribution in [-0.2, 0) is 10.2 Å². The number of aliphatic imine (C=N–C) groups is 1. The number of nitrogen functional groups attached to an aromatic ring is 1. The minimum absolute atomic E-state index is 0.201. The predicted octanol–water partition coefficient (Wildman–Crippen LogP) is 2.41. The molecule has 0 radical (unpaired) electrons. The maximum Gasteiger partial charge on any atom is 0.276 e. The summed E-state index contributed by atoms with van der Waals surface area (Å²) in [6.07, 6.45) is 3.91. The molecule has 1 saturated carbocycles. The third-order valence-electron chi connectivity index (χ3n) is 6.40. The molecular formula is C22H26N4O3. The van der Waals surface area contributed by atoms with Gasteiger partial charge in [0.25, 0.3) is 5.91 Å². The molecule has 29 heavy (non-hydrogen) atoms. The summed E-state index contributed by atoms with van der Waals surface area (Å²) in [4.78, 5) is 16.2. The zero-order valence-electron chi connectivity index (χ0n) is 16.4. The molecule has 2 aromatic carbocycles. The molecule has 2 unspecified atom stereocenters. The lowest BCUT2D eigenvalue weighted by Crippen LogP contribution is -2.40. The SMILES string of the molecule is COCC12CNCCC1(c1ccc(N=Cc3cccc(C(=O)NO)c3N)cc1)C2. The fraction of sp³-hybridized carbons (Fsp3) is 0.364. The monoisotopic (exact) mass is 394 g/mol. The highest BCUT2D eigenvalue weighted by atomic mass is 16.5. The Bertz CT molecular complexity index is 940. The van der Waals surface area contributed by atoms with Crippen LogP contribution in [0.4, 0.5) is 11.4 Å². The van der Waals surface area contributed by atoms with Crippen molar-refractivity contribution in [2.24, 2.45) is 10.4 Å². The van der Waals surface area contributed by atoms with Crippen molar-refractivity contribution in [3.8, 4) is 0 Å². The first-order chi connectivity index (χ1) is 14.0. The number of anilines is 1. The number of nitrogens with two attached hydrogens (primary N) is 1. The van der Waals surface area contributed by atoms with E-state index in [4.69, 9.17) is 15.7 Å². The Labute approximate surface area is 169 Å². The van der Waals surface area contributed by atoms with Crippen LogP contribution in [-0.4, -0.2) is 44.1 Å². The maximum absolute atomic E-state index is 11.7. The number of piperidine rings is 1. The predicted molar refractivity (Wildman–Crippen MR) is 112 cm³/mol. The Hall–Kier alpha value is -2.74. The van der Waals surface area contributed by atoms with E-state index in [0.29, 0.717) is 5.56 Å². The van der Waals surface area contributed by atoms with Gasteiger partial charge in [0, 0.05) is 36.3 Å². The van der Waals surface area contributed by atoms with Crippen LogP contribution in [0.25, 0.3) is 0 Å². The normalized spacial score (nSPS) is 25.6. The molecule has 0 aromatic heterocycles. The van der Waals surface area contributed by atoms with Gasteiger partial charge in [0.15, 0.2) is 0 Å². The second kappa shape index (κ2) is 7.59. The summed E-state index contributed by atoms with van der Waals surface area (Å²) in [5.74, 6) is -0.646. The standard InChI is InChI=1S/C22H26N4O3/c1-29-14-21-12-22(21,9-10-24-13-21)16-5-7-17(8-6-16)25-11-15-3-2-4-18(19(15)23)20(27)26-28/h2-8,11,24,28H,9-10,12-14,23H2,1H3,(H,26,27).